The van der Waals surface area contributed by atoms with Crippen molar-refractivity contribution in [1.29, 1.82) is 0 Å². The Morgan fingerprint density at radius 3 is 1.93 bits per heavy atom. The zero-order valence-corrected chi connectivity index (χ0v) is 25.4. The molecule has 4 aromatic rings. The van der Waals surface area contributed by atoms with Gasteiger partial charge in [0.1, 0.15) is 17.1 Å². The van der Waals surface area contributed by atoms with Gasteiger partial charge in [-0.25, -0.2) is 19.0 Å². The molecule has 16 heteroatoms. The van der Waals surface area contributed by atoms with Gasteiger partial charge in [-0.1, -0.05) is 22.6 Å². The molecule has 0 unspecified atom stereocenters. The third-order valence-electron chi connectivity index (χ3n) is 7.32. The number of methoxy groups -OCH3 is 2. The van der Waals surface area contributed by atoms with Gasteiger partial charge in [0.2, 0.25) is 0 Å². The third-order valence-corrected chi connectivity index (χ3v) is 7.32. The number of amides is 1. The van der Waals surface area contributed by atoms with Gasteiger partial charge in [-0.05, 0) is 35.9 Å². The number of aliphatic hydroxyl groups excluding tert-OH is 1. The molecule has 0 saturated carbocycles. The van der Waals surface area contributed by atoms with Gasteiger partial charge in [-0.2, -0.15) is 0 Å². The van der Waals surface area contributed by atoms with E-state index in [4.69, 9.17) is 9.47 Å². The van der Waals surface area contributed by atoms with E-state index in [0.717, 1.165) is 5.56 Å². The van der Waals surface area contributed by atoms with Crippen LogP contribution in [-0.2, 0) is 25.5 Å². The topological polar surface area (TPSA) is 187 Å². The molecule has 0 spiro atoms. The highest BCUT2D eigenvalue weighted by Crippen LogP contribution is 2.29. The summed E-state index contributed by atoms with van der Waals surface area (Å²) in [6.45, 7) is 1.89. The number of nitrogens with zero attached hydrogens (tertiary/aromatic N) is 7. The van der Waals surface area contributed by atoms with E-state index in [1.165, 1.54) is 41.9 Å². The molecule has 2 atom stereocenters. The van der Waals surface area contributed by atoms with Gasteiger partial charge >= 0.3 is 11.9 Å². The van der Waals surface area contributed by atoms with E-state index >= 15 is 0 Å². The van der Waals surface area contributed by atoms with E-state index in [0.29, 0.717) is 54.3 Å². The number of aromatic nitrogens is 6. The van der Waals surface area contributed by atoms with Crippen molar-refractivity contribution in [3.8, 4) is 28.3 Å². The molecule has 3 N–H and O–H groups in total. The Labute approximate surface area is 264 Å². The van der Waals surface area contributed by atoms with Crippen LogP contribution in [-0.4, -0.2) is 110 Å². The molecule has 238 valence electrons. The molecule has 0 aliphatic carbocycles. The number of halogens is 1. The zero-order valence-electron chi connectivity index (χ0n) is 24.6. The van der Waals surface area contributed by atoms with Crippen molar-refractivity contribution in [3.05, 3.63) is 66.0 Å². The second kappa shape index (κ2) is 14.7. The maximum Gasteiger partial charge on any atom is 0.333 e. The molecule has 1 amide bonds. The molecule has 3 heterocycles. The number of piperazine rings is 1. The van der Waals surface area contributed by atoms with E-state index in [1.54, 1.807) is 41.4 Å². The minimum atomic E-state index is -1.09. The van der Waals surface area contributed by atoms with E-state index in [1.807, 2.05) is 0 Å². The number of carbonyl (C=O) groups is 3. The maximum absolute atomic E-state index is 13.6. The number of aromatic hydroxyl groups is 1. The molecule has 2 aromatic carbocycles. The number of esters is 2. The van der Waals surface area contributed by atoms with Crippen LogP contribution in [0.15, 0.2) is 54.9 Å². The molecule has 15 nitrogen and oxygen atoms in total. The number of carbonyl (C=O) groups excluding carboxylic acids is 3. The summed E-state index contributed by atoms with van der Waals surface area (Å²) in [7, 11) is 2.50. The lowest BCUT2D eigenvalue weighted by molar-refractivity contribution is -0.146. The molecule has 0 bridgehead atoms. The van der Waals surface area contributed by atoms with Crippen molar-refractivity contribution < 1.29 is 34.1 Å². The number of phenols is 1. The zero-order chi connectivity index (χ0) is 31.2. The summed E-state index contributed by atoms with van der Waals surface area (Å²) in [5.74, 6) is -1.29. The fourth-order valence-electron chi connectivity index (χ4n) is 4.90. The Hall–Kier alpha value is -4.86. The summed E-state index contributed by atoms with van der Waals surface area (Å²) in [6.07, 6.45) is 3.31. The van der Waals surface area contributed by atoms with E-state index in [-0.39, 0.29) is 30.5 Å². The average Bonchev–Trinajstić information content (AvgIpc) is 3.75. The fraction of sp³-hybridized carbons (Fsp3) is 0.345. The first-order chi connectivity index (χ1) is 21.3. The number of hydrogen-bond donors (Lipinski definition) is 3. The summed E-state index contributed by atoms with van der Waals surface area (Å²) in [5, 5.41) is 39.3. The van der Waals surface area contributed by atoms with E-state index < -0.39 is 30.6 Å². The Balaban J connectivity index is 0.00000461. The van der Waals surface area contributed by atoms with E-state index in [9.17, 15) is 24.6 Å². The van der Waals surface area contributed by atoms with Crippen LogP contribution in [0, 0.1) is 0 Å². The molecule has 0 radical (unpaired) electrons. The van der Waals surface area contributed by atoms with Gasteiger partial charge in [0, 0.05) is 49.3 Å². The van der Waals surface area contributed by atoms with Crippen molar-refractivity contribution in [2.45, 2.75) is 18.5 Å². The van der Waals surface area contributed by atoms with Crippen LogP contribution in [0.3, 0.4) is 0 Å². The normalized spacial score (nSPS) is 14.2. The highest BCUT2D eigenvalue weighted by Gasteiger charge is 2.26. The molecule has 1 aliphatic rings. The number of phenolic OH excluding ortho intramolecular Hbond substituents is 1. The van der Waals surface area contributed by atoms with Crippen LogP contribution < -0.4 is 5.32 Å². The quantitative estimate of drug-likeness (QED) is 0.209. The van der Waals surface area contributed by atoms with Crippen LogP contribution in [0.5, 0.6) is 5.75 Å². The predicted molar refractivity (Wildman–Crippen MR) is 161 cm³/mol. The highest BCUT2D eigenvalue weighted by atomic mass is 35.5. The number of nitrogens with one attached hydrogen (secondary N) is 1. The van der Waals surface area contributed by atoms with Crippen molar-refractivity contribution in [2.75, 3.05) is 47.0 Å². The minimum absolute atomic E-state index is 0. The first kappa shape index (κ1) is 33.0. The molecule has 5 rings (SSSR count). The molecular formula is C29H33ClN8O7. The van der Waals surface area contributed by atoms with Crippen LogP contribution >= 0.6 is 12.4 Å². The monoisotopic (exact) mass is 640 g/mol. The maximum atomic E-state index is 13.6. The van der Waals surface area contributed by atoms with Crippen molar-refractivity contribution >= 4 is 30.3 Å². The molecule has 2 aromatic heterocycles. The molecular weight excluding hydrogens is 608 g/mol. The molecule has 1 fully saturated rings. The van der Waals surface area contributed by atoms with Gasteiger partial charge in [0.15, 0.2) is 12.1 Å². The Morgan fingerprint density at radius 2 is 1.40 bits per heavy atom. The number of benzene rings is 2. The second-order valence-corrected chi connectivity index (χ2v) is 10.1. The third kappa shape index (κ3) is 7.45. The van der Waals surface area contributed by atoms with Crippen molar-refractivity contribution in [2.24, 2.45) is 0 Å². The second-order valence-electron chi connectivity index (χ2n) is 10.1. The van der Waals surface area contributed by atoms with Gasteiger partial charge < -0.3 is 29.9 Å². The standard InChI is InChI=1S/C29H32N8O7.ClH/c1-43-28(41)25(11-18-3-5-22(39)6-4-18)36-15-23(31-33-36)19-12-20(14-21(13-19)27(40)35-9-7-30-8-10-35)24-16-37(34-32-24)26(17-38)29(42)44-2;/h3-6,12-16,25-26,30,38-39H,7-11,17H2,1-2H3;1H/t25-,26-;/m0./s1. The molecule has 45 heavy (non-hydrogen) atoms. The largest absolute Gasteiger partial charge is 0.508 e. The number of ether oxygens (including phenoxy) is 2. The fourth-order valence-corrected chi connectivity index (χ4v) is 4.90. The first-order valence-electron chi connectivity index (χ1n) is 13.8. The van der Waals surface area contributed by atoms with Gasteiger partial charge in [0.25, 0.3) is 5.91 Å². The Kier molecular flexibility index (Phi) is 10.8. The van der Waals surface area contributed by atoms with Gasteiger partial charge in [0.05, 0.1) is 33.2 Å². The van der Waals surface area contributed by atoms with Crippen molar-refractivity contribution in [3.63, 3.8) is 0 Å². The smallest absolute Gasteiger partial charge is 0.333 e. The highest BCUT2D eigenvalue weighted by molar-refractivity contribution is 5.97. The van der Waals surface area contributed by atoms with Gasteiger partial charge in [-0.3, -0.25) is 4.79 Å². The number of rotatable bonds is 10. The predicted octanol–water partition coefficient (Wildman–Crippen LogP) is 1.04. The SMILES string of the molecule is COC(=O)[C@H](CO)n1cc(-c2cc(C(=O)N3CCNCC3)cc(-c3cn([C@@H](Cc4ccc(O)cc4)C(=O)OC)nn3)c2)nn1.Cl. The van der Waals surface area contributed by atoms with Crippen LogP contribution in [0.1, 0.15) is 28.0 Å². The van der Waals surface area contributed by atoms with Crippen LogP contribution in [0.25, 0.3) is 22.5 Å². The average molecular weight is 641 g/mol. The lowest BCUT2D eigenvalue weighted by Gasteiger charge is -2.27. The van der Waals surface area contributed by atoms with Crippen LogP contribution in [0.4, 0.5) is 0 Å². The van der Waals surface area contributed by atoms with Gasteiger partial charge in [-0.15, -0.1) is 22.6 Å². The molecule has 1 saturated heterocycles. The summed E-state index contributed by atoms with van der Waals surface area (Å²) in [6, 6.07) is 9.67. The molecule has 1 aliphatic heterocycles. The summed E-state index contributed by atoms with van der Waals surface area (Å²) in [5.41, 5.74) is 2.92. The Morgan fingerprint density at radius 1 is 0.867 bits per heavy atom. The summed E-state index contributed by atoms with van der Waals surface area (Å²) < 4.78 is 12.4. The van der Waals surface area contributed by atoms with Crippen molar-refractivity contribution in [1.82, 2.24) is 40.2 Å². The minimum Gasteiger partial charge on any atom is -0.508 e. The van der Waals surface area contributed by atoms with E-state index in [2.05, 4.69) is 25.9 Å². The lowest BCUT2D eigenvalue weighted by atomic mass is 10.0. The summed E-state index contributed by atoms with van der Waals surface area (Å²) in [4.78, 5) is 40.2. The summed E-state index contributed by atoms with van der Waals surface area (Å²) >= 11 is 0. The Bertz CT molecular complexity index is 1640. The first-order valence-corrected chi connectivity index (χ1v) is 13.8. The van der Waals surface area contributed by atoms with Crippen LogP contribution in [0.2, 0.25) is 0 Å². The number of aliphatic hydroxyl groups is 1. The number of hydrogen-bond acceptors (Lipinski definition) is 12. The lowest BCUT2D eigenvalue weighted by Crippen LogP contribution is -2.46.